The predicted molar refractivity (Wildman–Crippen MR) is 75.4 cm³/mol. The Labute approximate surface area is 116 Å². The van der Waals surface area contributed by atoms with Gasteiger partial charge in [0.1, 0.15) is 0 Å². The molecule has 5 nitrogen and oxygen atoms in total. The molecule has 2 aromatic carbocycles. The molecule has 0 atom stereocenters. The molecule has 2 aromatic rings. The van der Waals surface area contributed by atoms with Gasteiger partial charge >= 0.3 is 5.97 Å². The van der Waals surface area contributed by atoms with Crippen LogP contribution >= 0.6 is 0 Å². The highest BCUT2D eigenvalue weighted by molar-refractivity contribution is 5.94. The van der Waals surface area contributed by atoms with E-state index in [0.29, 0.717) is 11.3 Å². The summed E-state index contributed by atoms with van der Waals surface area (Å²) in [6.45, 7) is 0.268. The van der Waals surface area contributed by atoms with E-state index in [1.807, 2.05) is 0 Å². The molecule has 102 valence electrons. The summed E-state index contributed by atoms with van der Waals surface area (Å²) in [7, 11) is 0. The number of anilines is 1. The molecule has 0 aromatic heterocycles. The molecule has 0 radical (unpaired) electrons. The van der Waals surface area contributed by atoms with Gasteiger partial charge in [-0.3, -0.25) is 4.79 Å². The number of rotatable bonds is 4. The number of carboxylic acids is 1. The number of carbonyl (C=O) groups excluding carboxylic acids is 1. The van der Waals surface area contributed by atoms with E-state index >= 15 is 0 Å². The monoisotopic (exact) mass is 270 g/mol. The standard InChI is InChI=1S/C15H14N2O3/c16-13-6-4-11(5-7-13)14(18)17-9-10-2-1-3-12(8-10)15(19)20/h1-8H,9,16H2,(H,17,18)(H,19,20). The lowest BCUT2D eigenvalue weighted by Crippen LogP contribution is -2.22. The topological polar surface area (TPSA) is 92.4 Å². The zero-order chi connectivity index (χ0) is 14.5. The second-order valence-corrected chi connectivity index (χ2v) is 4.31. The maximum absolute atomic E-state index is 11.9. The predicted octanol–water partition coefficient (Wildman–Crippen LogP) is 1.90. The largest absolute Gasteiger partial charge is 0.478 e. The van der Waals surface area contributed by atoms with Crippen molar-refractivity contribution in [3.05, 3.63) is 65.2 Å². The van der Waals surface area contributed by atoms with E-state index in [9.17, 15) is 9.59 Å². The van der Waals surface area contributed by atoms with Crippen molar-refractivity contribution < 1.29 is 14.7 Å². The lowest BCUT2D eigenvalue weighted by Gasteiger charge is -2.06. The fourth-order valence-corrected chi connectivity index (χ4v) is 1.73. The first kappa shape index (κ1) is 13.6. The van der Waals surface area contributed by atoms with E-state index in [4.69, 9.17) is 10.8 Å². The molecule has 4 N–H and O–H groups in total. The minimum atomic E-state index is -0.989. The van der Waals surface area contributed by atoms with Crippen LogP contribution in [-0.4, -0.2) is 17.0 Å². The van der Waals surface area contributed by atoms with Crippen molar-refractivity contribution in [2.45, 2.75) is 6.54 Å². The number of carboxylic acid groups (broad SMARTS) is 1. The number of nitrogens with two attached hydrogens (primary N) is 1. The van der Waals surface area contributed by atoms with Crippen molar-refractivity contribution in [1.29, 1.82) is 0 Å². The van der Waals surface area contributed by atoms with E-state index < -0.39 is 5.97 Å². The number of benzene rings is 2. The average Bonchev–Trinajstić information content (AvgIpc) is 2.46. The summed E-state index contributed by atoms with van der Waals surface area (Å²) in [6.07, 6.45) is 0. The summed E-state index contributed by atoms with van der Waals surface area (Å²) in [6, 6.07) is 13.0. The Morgan fingerprint density at radius 1 is 1.05 bits per heavy atom. The summed E-state index contributed by atoms with van der Waals surface area (Å²) in [4.78, 5) is 22.7. The summed E-state index contributed by atoms with van der Waals surface area (Å²) in [5, 5.41) is 11.6. The highest BCUT2D eigenvalue weighted by Gasteiger charge is 2.06. The Morgan fingerprint density at radius 2 is 1.75 bits per heavy atom. The van der Waals surface area contributed by atoms with Gasteiger partial charge in [-0.2, -0.15) is 0 Å². The smallest absolute Gasteiger partial charge is 0.335 e. The third kappa shape index (κ3) is 3.35. The van der Waals surface area contributed by atoms with E-state index in [1.54, 1.807) is 36.4 Å². The van der Waals surface area contributed by atoms with Crippen LogP contribution in [0.3, 0.4) is 0 Å². The Balaban J connectivity index is 2.01. The van der Waals surface area contributed by atoms with Crippen LogP contribution < -0.4 is 11.1 Å². The Hall–Kier alpha value is -2.82. The molecule has 0 saturated carbocycles. The fraction of sp³-hybridized carbons (Fsp3) is 0.0667. The van der Waals surface area contributed by atoms with Crippen LogP contribution in [0.2, 0.25) is 0 Å². The van der Waals surface area contributed by atoms with Crippen molar-refractivity contribution in [1.82, 2.24) is 5.32 Å². The first-order valence-corrected chi connectivity index (χ1v) is 6.02. The van der Waals surface area contributed by atoms with E-state index in [1.165, 1.54) is 12.1 Å². The normalized spacial score (nSPS) is 10.0. The van der Waals surface area contributed by atoms with Gasteiger partial charge in [-0.05, 0) is 42.0 Å². The van der Waals surface area contributed by atoms with Gasteiger partial charge in [0.05, 0.1) is 5.56 Å². The second-order valence-electron chi connectivity index (χ2n) is 4.31. The second kappa shape index (κ2) is 5.88. The Bertz CT molecular complexity index is 636. The molecule has 0 fully saturated rings. The number of hydrogen-bond acceptors (Lipinski definition) is 3. The zero-order valence-electron chi connectivity index (χ0n) is 10.7. The number of carbonyl (C=O) groups is 2. The van der Waals surface area contributed by atoms with Crippen LogP contribution in [0.15, 0.2) is 48.5 Å². The van der Waals surface area contributed by atoms with Gasteiger partial charge in [0, 0.05) is 17.8 Å². The molecule has 5 heteroatoms. The van der Waals surface area contributed by atoms with Crippen LogP contribution in [0.4, 0.5) is 5.69 Å². The number of aromatic carboxylic acids is 1. The lowest BCUT2D eigenvalue weighted by molar-refractivity contribution is 0.0696. The highest BCUT2D eigenvalue weighted by Crippen LogP contribution is 2.07. The minimum absolute atomic E-state index is 0.198. The summed E-state index contributed by atoms with van der Waals surface area (Å²) in [5.74, 6) is -1.22. The molecular formula is C15H14N2O3. The molecule has 0 spiro atoms. The van der Waals surface area contributed by atoms with E-state index in [0.717, 1.165) is 5.56 Å². The number of nitrogens with one attached hydrogen (secondary N) is 1. The third-order valence-corrected chi connectivity index (χ3v) is 2.80. The van der Waals surface area contributed by atoms with Crippen molar-refractivity contribution in [3.8, 4) is 0 Å². The van der Waals surface area contributed by atoms with Gasteiger partial charge in [-0.1, -0.05) is 12.1 Å². The molecular weight excluding hydrogens is 256 g/mol. The van der Waals surface area contributed by atoms with Gasteiger partial charge in [0.25, 0.3) is 5.91 Å². The molecule has 0 heterocycles. The molecule has 0 bridgehead atoms. The van der Waals surface area contributed by atoms with Crippen molar-refractivity contribution in [2.24, 2.45) is 0 Å². The van der Waals surface area contributed by atoms with Gasteiger partial charge in [-0.25, -0.2) is 4.79 Å². The van der Waals surface area contributed by atoms with Crippen molar-refractivity contribution in [2.75, 3.05) is 5.73 Å². The molecule has 20 heavy (non-hydrogen) atoms. The molecule has 0 aliphatic carbocycles. The van der Waals surface area contributed by atoms with Gasteiger partial charge in [-0.15, -0.1) is 0 Å². The van der Waals surface area contributed by atoms with Crippen molar-refractivity contribution in [3.63, 3.8) is 0 Å². The average molecular weight is 270 g/mol. The quantitative estimate of drug-likeness (QED) is 0.740. The molecule has 0 aliphatic rings. The summed E-state index contributed by atoms with van der Waals surface area (Å²) < 4.78 is 0. The summed E-state index contributed by atoms with van der Waals surface area (Å²) in [5.41, 5.74) is 7.58. The first-order valence-electron chi connectivity index (χ1n) is 6.02. The number of nitrogen functional groups attached to an aromatic ring is 1. The van der Waals surface area contributed by atoms with E-state index in [2.05, 4.69) is 5.32 Å². The van der Waals surface area contributed by atoms with Gasteiger partial charge in [0.2, 0.25) is 0 Å². The SMILES string of the molecule is Nc1ccc(C(=O)NCc2cccc(C(=O)O)c2)cc1. The van der Waals surface area contributed by atoms with Gasteiger partial charge in [0.15, 0.2) is 0 Å². The highest BCUT2D eigenvalue weighted by atomic mass is 16.4. The Morgan fingerprint density at radius 3 is 2.40 bits per heavy atom. The minimum Gasteiger partial charge on any atom is -0.478 e. The van der Waals surface area contributed by atoms with Crippen LogP contribution in [0.25, 0.3) is 0 Å². The van der Waals surface area contributed by atoms with E-state index in [-0.39, 0.29) is 18.0 Å². The van der Waals surface area contributed by atoms with Crippen LogP contribution in [0.5, 0.6) is 0 Å². The maximum Gasteiger partial charge on any atom is 0.335 e. The summed E-state index contributed by atoms with van der Waals surface area (Å²) >= 11 is 0. The Kier molecular flexibility index (Phi) is 4.00. The molecule has 2 rings (SSSR count). The molecule has 0 unspecified atom stereocenters. The maximum atomic E-state index is 11.9. The molecule has 0 saturated heterocycles. The van der Waals surface area contributed by atoms with Crippen LogP contribution in [0, 0.1) is 0 Å². The fourth-order valence-electron chi connectivity index (χ4n) is 1.73. The first-order chi connectivity index (χ1) is 9.56. The number of hydrogen-bond donors (Lipinski definition) is 3. The van der Waals surface area contributed by atoms with Crippen LogP contribution in [-0.2, 0) is 6.54 Å². The van der Waals surface area contributed by atoms with Crippen LogP contribution in [0.1, 0.15) is 26.3 Å². The lowest BCUT2D eigenvalue weighted by atomic mass is 10.1. The third-order valence-electron chi connectivity index (χ3n) is 2.80. The van der Waals surface area contributed by atoms with Gasteiger partial charge < -0.3 is 16.2 Å². The number of amides is 1. The molecule has 0 aliphatic heterocycles. The molecule has 1 amide bonds. The zero-order valence-corrected chi connectivity index (χ0v) is 10.7. The van der Waals surface area contributed by atoms with Crippen molar-refractivity contribution >= 4 is 17.6 Å².